The van der Waals surface area contributed by atoms with Gasteiger partial charge in [0.15, 0.2) is 0 Å². The molecule has 0 bridgehead atoms. The van der Waals surface area contributed by atoms with Crippen LogP contribution in [0.15, 0.2) is 6.07 Å². The van der Waals surface area contributed by atoms with E-state index in [1.807, 2.05) is 19.9 Å². The summed E-state index contributed by atoms with van der Waals surface area (Å²) in [6.07, 6.45) is 17.6. The van der Waals surface area contributed by atoms with Gasteiger partial charge in [-0.15, -0.1) is 0 Å². The van der Waals surface area contributed by atoms with Crippen LogP contribution in [0, 0.1) is 25.7 Å². The van der Waals surface area contributed by atoms with E-state index in [9.17, 15) is 0 Å². The first-order chi connectivity index (χ1) is 11.7. The molecule has 0 aliphatic carbocycles. The molecule has 0 spiro atoms. The Labute approximate surface area is 149 Å². The molecular formula is C22H36N2. The minimum absolute atomic E-state index is 0.673. The lowest BCUT2D eigenvalue weighted by atomic mass is 10.0. The van der Waals surface area contributed by atoms with Gasteiger partial charge in [0.1, 0.15) is 0 Å². The van der Waals surface area contributed by atoms with Crippen molar-refractivity contribution in [1.29, 1.82) is 0 Å². The number of hydrogen-bond donors (Lipinski definition) is 0. The Morgan fingerprint density at radius 2 is 1.17 bits per heavy atom. The molecule has 0 aliphatic rings. The van der Waals surface area contributed by atoms with Crippen molar-refractivity contribution in [2.75, 3.05) is 0 Å². The van der Waals surface area contributed by atoms with Gasteiger partial charge in [0.2, 0.25) is 5.82 Å². The molecule has 1 heterocycles. The molecule has 0 aliphatic heterocycles. The van der Waals surface area contributed by atoms with E-state index in [1.54, 1.807) is 0 Å². The average Bonchev–Trinajstić information content (AvgIpc) is 2.54. The van der Waals surface area contributed by atoms with Crippen LogP contribution in [-0.2, 0) is 0 Å². The molecule has 2 nitrogen and oxygen atoms in total. The van der Waals surface area contributed by atoms with Crippen molar-refractivity contribution in [2.24, 2.45) is 0 Å². The largest absolute Gasteiger partial charge is 0.226 e. The fourth-order valence-electron chi connectivity index (χ4n) is 2.98. The van der Waals surface area contributed by atoms with Crippen molar-refractivity contribution >= 4 is 0 Å². The highest BCUT2D eigenvalue weighted by Crippen LogP contribution is 2.12. The lowest BCUT2D eigenvalue weighted by Crippen LogP contribution is -1.94. The fraction of sp³-hybridized carbons (Fsp3) is 0.727. The van der Waals surface area contributed by atoms with Crippen molar-refractivity contribution in [3.05, 3.63) is 23.3 Å². The normalized spacial score (nSPS) is 10.5. The first-order valence-electron chi connectivity index (χ1n) is 10.0. The predicted molar refractivity (Wildman–Crippen MR) is 104 cm³/mol. The Balaban J connectivity index is 1.93. The standard InChI is InChI=1S/C22H36N2/c1-4-5-6-7-8-9-10-11-12-13-14-15-16-17-18-22-23-20(2)19-21(3)24-22/h19H,4-16H2,1-3H3. The van der Waals surface area contributed by atoms with Gasteiger partial charge in [-0.2, -0.15) is 0 Å². The van der Waals surface area contributed by atoms with Crippen molar-refractivity contribution in [3.63, 3.8) is 0 Å². The van der Waals surface area contributed by atoms with Gasteiger partial charge in [0, 0.05) is 17.8 Å². The number of unbranched alkanes of at least 4 members (excludes halogenated alkanes) is 12. The van der Waals surface area contributed by atoms with E-state index >= 15 is 0 Å². The highest BCUT2D eigenvalue weighted by atomic mass is 14.9. The fourth-order valence-corrected chi connectivity index (χ4v) is 2.98. The van der Waals surface area contributed by atoms with E-state index in [1.165, 1.54) is 77.0 Å². The van der Waals surface area contributed by atoms with Crippen LogP contribution in [0.2, 0.25) is 0 Å². The van der Waals surface area contributed by atoms with Crippen LogP contribution in [0.5, 0.6) is 0 Å². The van der Waals surface area contributed by atoms with E-state index < -0.39 is 0 Å². The zero-order valence-electron chi connectivity index (χ0n) is 16.2. The van der Waals surface area contributed by atoms with Gasteiger partial charge < -0.3 is 0 Å². The van der Waals surface area contributed by atoms with Crippen LogP contribution in [0.25, 0.3) is 0 Å². The second-order valence-electron chi connectivity index (χ2n) is 6.92. The Morgan fingerprint density at radius 3 is 1.67 bits per heavy atom. The van der Waals surface area contributed by atoms with Gasteiger partial charge >= 0.3 is 0 Å². The zero-order valence-corrected chi connectivity index (χ0v) is 16.2. The van der Waals surface area contributed by atoms with E-state index in [2.05, 4.69) is 28.7 Å². The number of aryl methyl sites for hydroxylation is 2. The molecule has 0 saturated carbocycles. The lowest BCUT2D eigenvalue weighted by molar-refractivity contribution is 0.545. The van der Waals surface area contributed by atoms with E-state index in [0.29, 0.717) is 5.82 Å². The molecule has 0 saturated heterocycles. The quantitative estimate of drug-likeness (QED) is 0.322. The first-order valence-corrected chi connectivity index (χ1v) is 10.0. The van der Waals surface area contributed by atoms with Crippen molar-refractivity contribution in [2.45, 2.75) is 104 Å². The summed E-state index contributed by atoms with van der Waals surface area (Å²) in [4.78, 5) is 8.70. The van der Waals surface area contributed by atoms with Gasteiger partial charge in [0.05, 0.1) is 0 Å². The van der Waals surface area contributed by atoms with Crippen molar-refractivity contribution < 1.29 is 0 Å². The SMILES string of the molecule is CCCCCCCCCCCCCCC#Cc1nc(C)cc(C)n1. The highest BCUT2D eigenvalue weighted by molar-refractivity contribution is 5.23. The summed E-state index contributed by atoms with van der Waals surface area (Å²) < 4.78 is 0. The summed E-state index contributed by atoms with van der Waals surface area (Å²) in [7, 11) is 0. The predicted octanol–water partition coefficient (Wildman–Crippen LogP) is 6.54. The average molecular weight is 329 g/mol. The van der Waals surface area contributed by atoms with E-state index in [4.69, 9.17) is 0 Å². The maximum atomic E-state index is 4.35. The molecule has 0 aromatic carbocycles. The van der Waals surface area contributed by atoms with Crippen LogP contribution in [0.3, 0.4) is 0 Å². The Hall–Kier alpha value is -1.36. The van der Waals surface area contributed by atoms with Gasteiger partial charge in [-0.3, -0.25) is 0 Å². The monoisotopic (exact) mass is 328 g/mol. The molecule has 24 heavy (non-hydrogen) atoms. The summed E-state index contributed by atoms with van der Waals surface area (Å²) in [5.41, 5.74) is 1.99. The highest BCUT2D eigenvalue weighted by Gasteiger charge is 1.95. The molecule has 0 amide bonds. The molecule has 1 aromatic rings. The third-order valence-corrected chi connectivity index (χ3v) is 4.34. The topological polar surface area (TPSA) is 25.8 Å². The van der Waals surface area contributed by atoms with Crippen LogP contribution in [-0.4, -0.2) is 9.97 Å². The summed E-state index contributed by atoms with van der Waals surface area (Å²) >= 11 is 0. The summed E-state index contributed by atoms with van der Waals surface area (Å²) in [5.74, 6) is 6.98. The molecule has 1 aromatic heterocycles. The second kappa shape index (κ2) is 14.0. The van der Waals surface area contributed by atoms with Crippen LogP contribution in [0.1, 0.15) is 108 Å². The number of nitrogens with zero attached hydrogens (tertiary/aromatic N) is 2. The molecule has 0 fully saturated rings. The third kappa shape index (κ3) is 11.2. The van der Waals surface area contributed by atoms with Crippen LogP contribution >= 0.6 is 0 Å². The lowest BCUT2D eigenvalue weighted by Gasteiger charge is -2.01. The molecule has 2 heteroatoms. The molecular weight excluding hydrogens is 292 g/mol. The van der Waals surface area contributed by atoms with Crippen molar-refractivity contribution in [3.8, 4) is 11.8 Å². The maximum Gasteiger partial charge on any atom is 0.205 e. The van der Waals surface area contributed by atoms with Crippen LogP contribution < -0.4 is 0 Å². The summed E-state index contributed by atoms with van der Waals surface area (Å²) in [6, 6.07) is 1.98. The molecule has 134 valence electrons. The number of aromatic nitrogens is 2. The van der Waals surface area contributed by atoms with E-state index in [0.717, 1.165) is 17.8 Å². The van der Waals surface area contributed by atoms with Crippen LogP contribution in [0.4, 0.5) is 0 Å². The van der Waals surface area contributed by atoms with E-state index in [-0.39, 0.29) is 0 Å². The Bertz CT molecular complexity index is 476. The minimum Gasteiger partial charge on any atom is -0.226 e. The Kier molecular flexibility index (Phi) is 12.1. The molecule has 0 radical (unpaired) electrons. The van der Waals surface area contributed by atoms with Gasteiger partial charge in [0.25, 0.3) is 0 Å². The number of hydrogen-bond acceptors (Lipinski definition) is 2. The molecule has 0 N–H and O–H groups in total. The van der Waals surface area contributed by atoms with Gasteiger partial charge in [-0.05, 0) is 32.3 Å². The van der Waals surface area contributed by atoms with Gasteiger partial charge in [-0.1, -0.05) is 83.5 Å². The zero-order chi connectivity index (χ0) is 17.5. The maximum absolute atomic E-state index is 4.35. The summed E-state index contributed by atoms with van der Waals surface area (Å²) in [5, 5.41) is 0. The molecule has 1 rings (SSSR count). The minimum atomic E-state index is 0.673. The second-order valence-corrected chi connectivity index (χ2v) is 6.92. The van der Waals surface area contributed by atoms with Gasteiger partial charge in [-0.25, -0.2) is 9.97 Å². The molecule has 0 atom stereocenters. The molecule has 0 unspecified atom stereocenters. The summed E-state index contributed by atoms with van der Waals surface area (Å²) in [6.45, 7) is 6.26. The number of rotatable bonds is 12. The van der Waals surface area contributed by atoms with Crippen molar-refractivity contribution in [1.82, 2.24) is 9.97 Å². The smallest absolute Gasteiger partial charge is 0.205 e. The first kappa shape index (κ1) is 20.7. The third-order valence-electron chi connectivity index (χ3n) is 4.34. The Morgan fingerprint density at radius 1 is 0.708 bits per heavy atom.